The van der Waals surface area contributed by atoms with Crippen molar-refractivity contribution in [3.63, 3.8) is 0 Å². The van der Waals surface area contributed by atoms with Crippen LogP contribution in [0.3, 0.4) is 0 Å². The smallest absolute Gasteiger partial charge is 0.00000816 e. The molecular formula is H60B58. The zero-order valence-corrected chi connectivity index (χ0v) is 46.2. The van der Waals surface area contributed by atoms with Gasteiger partial charge >= 0.3 is 0 Å². The molecule has 0 atom stereocenters. The maximum atomic E-state index is 2.70. The van der Waals surface area contributed by atoms with Gasteiger partial charge in [0.1, 0.15) is 0 Å². The molecule has 0 aromatic heterocycles. The Morgan fingerprint density at radius 3 is 0.259 bits per heavy atom. The fourth-order valence-corrected chi connectivity index (χ4v) is 16.6. The number of rotatable bonds is 27. The molecule has 0 heterocycles. The Morgan fingerprint density at radius 1 is 0.0862 bits per heavy atom. The van der Waals surface area contributed by atoms with Gasteiger partial charge in [-0.25, -0.2) is 0 Å². The van der Waals surface area contributed by atoms with E-state index < -0.39 is 0 Å². The third-order valence-electron chi connectivity index (χ3n) is 16.9. The van der Waals surface area contributed by atoms with Crippen LogP contribution in [0.5, 0.6) is 0 Å². The van der Waals surface area contributed by atoms with Crippen molar-refractivity contribution in [2.24, 2.45) is 0 Å². The van der Waals surface area contributed by atoms with Crippen molar-refractivity contribution in [2.75, 3.05) is 0 Å². The van der Waals surface area contributed by atoms with Crippen molar-refractivity contribution in [1.82, 2.24) is 0 Å². The summed E-state index contributed by atoms with van der Waals surface area (Å²) in [6.45, 7) is 0. The highest BCUT2D eigenvalue weighted by Crippen LogP contribution is 2.24. The molecule has 0 rings (SSSR count). The van der Waals surface area contributed by atoms with E-state index in [2.05, 4.69) is 232 Å². The lowest BCUT2D eigenvalue weighted by molar-refractivity contribution is 3.17. The van der Waals surface area contributed by atoms with Crippen molar-refractivity contribution in [2.45, 2.75) is 0 Å². The van der Waals surface area contributed by atoms with Crippen molar-refractivity contribution >= 4 is 411 Å². The Balaban J connectivity index is 10.4. The third-order valence-corrected chi connectivity index (χ3v) is 16.9. The lowest BCUT2D eigenvalue weighted by atomic mass is 8.23. The van der Waals surface area contributed by atoms with Crippen LogP contribution in [-0.4, -0.2) is 411 Å². The Hall–Kier alpha value is 3.77. The van der Waals surface area contributed by atoms with Crippen molar-refractivity contribution in [1.29, 1.82) is 0 Å². The summed E-state index contributed by atoms with van der Waals surface area (Å²) in [5.41, 5.74) is 0. The minimum atomic E-state index is 0.618. The van der Waals surface area contributed by atoms with Gasteiger partial charge in [-0.2, -0.15) is 0 Å². The average molecular weight is 688 g/mol. The quantitative estimate of drug-likeness (QED) is 0.0754. The summed E-state index contributed by atoms with van der Waals surface area (Å²) in [4.78, 5) is 0. The Morgan fingerprint density at radius 2 is 0.155 bits per heavy atom. The predicted octanol–water partition coefficient (Wildman–Crippen LogP) is -38.1. The molecule has 0 saturated carbocycles. The van der Waals surface area contributed by atoms with Crippen LogP contribution < -0.4 is 0 Å². The monoisotopic (exact) mass is 699 g/mol. The Labute approximate surface area is 407 Å². The first-order valence-electron chi connectivity index (χ1n) is 26.3. The fourth-order valence-electron chi connectivity index (χ4n) is 16.6. The molecule has 0 fully saturated rings. The zero-order chi connectivity index (χ0) is 46.2. The highest BCUT2D eigenvalue weighted by atomic mass is 13.4. The van der Waals surface area contributed by atoms with Crippen LogP contribution in [0.4, 0.5) is 0 Å². The number of hydrogen-bond donors (Lipinski definition) is 0. The van der Waals surface area contributed by atoms with Crippen LogP contribution in [0.25, 0.3) is 0 Å². The SMILES string of the molecule is BB(B)B(B(B)B)B(B(B)B)B(B(B(B(B)B)B(B)B)B(B(B)B)B(B)B)B(B(B(B(B)B)B(B)B)B(B(B)B)B(B)B)B(B(B(B)B)B(B)B)B(B(B)B)B(B)B. The number of hydrogen-bond acceptors (Lipinski definition) is 0. The maximum Gasteiger partial charge on any atom is 0.0552 e. The normalized spacial score (nSPS) is 9.72. The molecule has 0 aromatic rings. The van der Waals surface area contributed by atoms with Gasteiger partial charge in [0.05, 0.1) is 232 Å². The van der Waals surface area contributed by atoms with E-state index in [4.69, 9.17) is 0 Å². The molecule has 0 amide bonds. The van der Waals surface area contributed by atoms with Crippen LogP contribution in [0.15, 0.2) is 0 Å². The van der Waals surface area contributed by atoms with Crippen molar-refractivity contribution in [3.05, 3.63) is 0 Å². The van der Waals surface area contributed by atoms with Crippen LogP contribution in [0, 0.1) is 0 Å². The standard InChI is InChI=1S/B58H60/c1-31(2)46(32(3)4)53(45(29)30)57(54(47(33(5)6)34(7)8)48(35(9)10)36(11)12)58(55(49(37(13)14)38(15)16)50(39(17)18)40(19)20)56(51(41(21)22)42(23)24)52(43(25)26)44(27)28/h1-30H2. The molecule has 0 spiro atoms. The van der Waals surface area contributed by atoms with Gasteiger partial charge < -0.3 is 0 Å². The Bertz CT molecular complexity index is 884. The van der Waals surface area contributed by atoms with Crippen LogP contribution in [-0.2, 0) is 0 Å². The summed E-state index contributed by atoms with van der Waals surface area (Å²) >= 11 is 0. The molecular weight excluding hydrogens is 627 g/mol. The van der Waals surface area contributed by atoms with Gasteiger partial charge in [-0.15, -0.1) is 0 Å². The van der Waals surface area contributed by atoms with E-state index in [9.17, 15) is 0 Å². The zero-order valence-electron chi connectivity index (χ0n) is 46.2. The van der Waals surface area contributed by atoms with Crippen LogP contribution >= 0.6 is 0 Å². The minimum absolute atomic E-state index is 0.618. The molecule has 0 radical (unpaired) electrons. The molecule has 58 heavy (non-hydrogen) atoms. The lowest BCUT2D eigenvalue weighted by Gasteiger charge is -2.58. The molecule has 0 unspecified atom stereocenters. The van der Waals surface area contributed by atoms with E-state index in [1.165, 1.54) is 0 Å². The molecule has 0 aliphatic carbocycles. The van der Waals surface area contributed by atoms with Gasteiger partial charge in [0, 0.05) is 179 Å². The summed E-state index contributed by atoms with van der Waals surface area (Å²) in [7, 11) is 79.2. The summed E-state index contributed by atoms with van der Waals surface area (Å²) in [6.07, 6.45) is 18.2. The van der Waals surface area contributed by atoms with Gasteiger partial charge in [0.25, 0.3) is 0 Å². The molecule has 0 aromatic carbocycles. The van der Waals surface area contributed by atoms with E-state index in [1.807, 2.05) is 0 Å². The third kappa shape index (κ3) is 16.5. The molecule has 0 aliphatic rings. The highest BCUT2D eigenvalue weighted by molar-refractivity contribution is 8.37. The topological polar surface area (TPSA) is 0 Å². The van der Waals surface area contributed by atoms with Crippen LogP contribution in [0.2, 0.25) is 0 Å². The first-order valence-corrected chi connectivity index (χ1v) is 26.3. The molecule has 58 heteroatoms. The second kappa shape index (κ2) is 28.2. The van der Waals surface area contributed by atoms with E-state index in [0.717, 1.165) is 0 Å². The molecule has 0 saturated heterocycles. The molecule has 234 valence electrons. The van der Waals surface area contributed by atoms with Gasteiger partial charge in [-0.05, 0) is 0 Å². The molecule has 0 aliphatic heterocycles. The first-order chi connectivity index (χ1) is 26.3. The van der Waals surface area contributed by atoms with E-state index in [-0.39, 0.29) is 0 Å². The maximum absolute atomic E-state index is 2.70. The summed E-state index contributed by atoms with van der Waals surface area (Å²) < 4.78 is 0. The van der Waals surface area contributed by atoms with Gasteiger partial charge in [-0.3, -0.25) is 0 Å². The van der Waals surface area contributed by atoms with Gasteiger partial charge in [-0.1, -0.05) is 0 Å². The minimum Gasteiger partial charge on any atom is 0.00000816 e. The summed E-state index contributed by atoms with van der Waals surface area (Å²) in [5, 5.41) is 0. The van der Waals surface area contributed by atoms with E-state index in [0.29, 0.717) is 179 Å². The second-order valence-corrected chi connectivity index (χ2v) is 26.2. The summed E-state index contributed by atoms with van der Waals surface area (Å²) in [5.74, 6) is 0. The van der Waals surface area contributed by atoms with Gasteiger partial charge in [0.2, 0.25) is 0 Å². The van der Waals surface area contributed by atoms with E-state index >= 15 is 0 Å². The Kier molecular flexibility index (Phi) is 30.0. The lowest BCUT2D eigenvalue weighted by Crippen LogP contribution is -2.96. The van der Waals surface area contributed by atoms with Crippen molar-refractivity contribution < 1.29 is 0 Å². The second-order valence-electron chi connectivity index (χ2n) is 26.2. The average Bonchev–Trinajstić information content (AvgIpc) is 2.99. The van der Waals surface area contributed by atoms with E-state index in [1.54, 1.807) is 0 Å². The predicted molar refractivity (Wildman–Crippen MR) is 417 cm³/mol. The largest absolute Gasteiger partial charge is 0.0552 e. The highest BCUT2D eigenvalue weighted by Gasteiger charge is 2.62. The molecule has 0 bridgehead atoms. The fraction of sp³-hybridized carbons (Fsp3) is 0. The van der Waals surface area contributed by atoms with Crippen LogP contribution in [0.1, 0.15) is 0 Å². The van der Waals surface area contributed by atoms with Crippen molar-refractivity contribution in [3.8, 4) is 0 Å². The molecule has 0 nitrogen and oxygen atoms in total. The van der Waals surface area contributed by atoms with Gasteiger partial charge in [0.15, 0.2) is 0 Å². The first kappa shape index (κ1) is 61.8. The molecule has 0 N–H and O–H groups in total. The summed E-state index contributed by atoms with van der Waals surface area (Å²) in [6, 6.07) is 0.